The second-order valence-corrected chi connectivity index (χ2v) is 9.93. The van der Waals surface area contributed by atoms with Crippen LogP contribution in [0.3, 0.4) is 0 Å². The van der Waals surface area contributed by atoms with Crippen LogP contribution in [0.5, 0.6) is 0 Å². The summed E-state index contributed by atoms with van der Waals surface area (Å²) in [7, 11) is 0. The van der Waals surface area contributed by atoms with Gasteiger partial charge in [0.2, 0.25) is 5.91 Å². The lowest BCUT2D eigenvalue weighted by atomic mass is 10.2. The third-order valence-corrected chi connectivity index (χ3v) is 7.23. The summed E-state index contributed by atoms with van der Waals surface area (Å²) < 4.78 is 2.07. The van der Waals surface area contributed by atoms with E-state index >= 15 is 0 Å². The Kier molecular flexibility index (Phi) is 5.70. The molecule has 0 saturated carbocycles. The van der Waals surface area contributed by atoms with Gasteiger partial charge in [0, 0.05) is 28.7 Å². The zero-order valence-electron chi connectivity index (χ0n) is 15.4. The average molecular weight is 427 g/mol. The molecule has 0 unspecified atom stereocenters. The first-order chi connectivity index (χ1) is 13.6. The van der Waals surface area contributed by atoms with E-state index in [0.717, 1.165) is 41.6 Å². The summed E-state index contributed by atoms with van der Waals surface area (Å²) in [6.45, 7) is 3.96. The number of aryl methyl sites for hydroxylation is 2. The lowest BCUT2D eigenvalue weighted by Crippen LogP contribution is -2.15. The number of anilines is 1. The Labute approximate surface area is 175 Å². The topological polar surface area (TPSA) is 67.8 Å². The second kappa shape index (κ2) is 8.38. The Hall–Kier alpha value is -2.29. The predicted octanol–water partition coefficient (Wildman–Crippen LogP) is 5.24. The zero-order valence-corrected chi connectivity index (χ0v) is 17.9. The Morgan fingerprint density at radius 1 is 1.18 bits per heavy atom. The summed E-state index contributed by atoms with van der Waals surface area (Å²) in [6, 6.07) is 9.84. The molecule has 3 aromatic heterocycles. The molecule has 8 heteroatoms. The Balaban J connectivity index is 1.42. The van der Waals surface area contributed by atoms with Crippen molar-refractivity contribution in [2.24, 2.45) is 0 Å². The molecule has 5 nitrogen and oxygen atoms in total. The quantitative estimate of drug-likeness (QED) is 0.427. The van der Waals surface area contributed by atoms with Crippen molar-refractivity contribution in [3.05, 3.63) is 63.9 Å². The molecular weight excluding hydrogens is 408 g/mol. The standard InChI is InChI=1S/C20H18N4OS3/c1-12-17(22-13(2)27-12)9-19(25)23-15-5-6-16-18(8-15)28-20(24-16)26-11-14-4-3-7-21-10-14/h3-8,10H,9,11H2,1-2H3,(H,23,25). The normalized spacial score (nSPS) is 11.1. The molecule has 3 heterocycles. The van der Waals surface area contributed by atoms with Gasteiger partial charge in [-0.3, -0.25) is 9.78 Å². The van der Waals surface area contributed by atoms with Crippen molar-refractivity contribution in [2.45, 2.75) is 30.4 Å². The van der Waals surface area contributed by atoms with Crippen LogP contribution in [0.2, 0.25) is 0 Å². The van der Waals surface area contributed by atoms with Crippen molar-refractivity contribution >= 4 is 56.2 Å². The maximum atomic E-state index is 12.4. The second-order valence-electron chi connectivity index (χ2n) is 6.27. The molecular formula is C20H18N4OS3. The van der Waals surface area contributed by atoms with Crippen molar-refractivity contribution < 1.29 is 4.79 Å². The molecule has 1 amide bonds. The molecule has 0 radical (unpaired) electrons. The van der Waals surface area contributed by atoms with Crippen LogP contribution in [-0.4, -0.2) is 20.9 Å². The molecule has 1 aromatic carbocycles. The van der Waals surface area contributed by atoms with Crippen LogP contribution in [-0.2, 0) is 17.0 Å². The number of amides is 1. The number of hydrogen-bond acceptors (Lipinski definition) is 7. The van der Waals surface area contributed by atoms with Crippen LogP contribution in [0.25, 0.3) is 10.2 Å². The molecule has 28 heavy (non-hydrogen) atoms. The van der Waals surface area contributed by atoms with E-state index < -0.39 is 0 Å². The third-order valence-electron chi connectivity index (χ3n) is 4.07. The summed E-state index contributed by atoms with van der Waals surface area (Å²) >= 11 is 4.96. The number of fused-ring (bicyclic) bond motifs is 1. The van der Waals surface area contributed by atoms with Crippen molar-refractivity contribution in [3.8, 4) is 0 Å². The van der Waals surface area contributed by atoms with E-state index in [1.165, 1.54) is 5.56 Å². The van der Waals surface area contributed by atoms with Gasteiger partial charge in [0.25, 0.3) is 0 Å². The fraction of sp³-hybridized carbons (Fsp3) is 0.200. The summed E-state index contributed by atoms with van der Waals surface area (Å²) in [6.07, 6.45) is 3.95. The van der Waals surface area contributed by atoms with Crippen LogP contribution in [0.1, 0.15) is 21.1 Å². The number of nitrogens with one attached hydrogen (secondary N) is 1. The predicted molar refractivity (Wildman–Crippen MR) is 117 cm³/mol. The lowest BCUT2D eigenvalue weighted by molar-refractivity contribution is -0.115. The van der Waals surface area contributed by atoms with Gasteiger partial charge in [0.05, 0.1) is 27.3 Å². The monoisotopic (exact) mass is 426 g/mol. The Morgan fingerprint density at radius 2 is 2.07 bits per heavy atom. The summed E-state index contributed by atoms with van der Waals surface area (Å²) in [5.74, 6) is 0.785. The molecule has 4 aromatic rings. The van der Waals surface area contributed by atoms with Crippen LogP contribution in [0.15, 0.2) is 47.1 Å². The molecule has 0 aliphatic carbocycles. The van der Waals surface area contributed by atoms with E-state index in [1.807, 2.05) is 44.3 Å². The number of hydrogen-bond donors (Lipinski definition) is 1. The van der Waals surface area contributed by atoms with Gasteiger partial charge in [0.15, 0.2) is 4.34 Å². The van der Waals surface area contributed by atoms with E-state index in [0.29, 0.717) is 6.42 Å². The SMILES string of the molecule is Cc1nc(CC(=O)Nc2ccc3nc(SCc4cccnc4)sc3c2)c(C)s1. The Bertz CT molecular complexity index is 1120. The molecule has 0 saturated heterocycles. The van der Waals surface area contributed by atoms with Gasteiger partial charge in [-0.1, -0.05) is 17.8 Å². The Morgan fingerprint density at radius 3 is 2.82 bits per heavy atom. The molecule has 0 aliphatic heterocycles. The maximum Gasteiger partial charge on any atom is 0.230 e. The lowest BCUT2D eigenvalue weighted by Gasteiger charge is -2.04. The van der Waals surface area contributed by atoms with Gasteiger partial charge in [-0.05, 0) is 43.7 Å². The maximum absolute atomic E-state index is 12.4. The number of thiazole rings is 2. The van der Waals surface area contributed by atoms with Crippen LogP contribution in [0, 0.1) is 13.8 Å². The first-order valence-electron chi connectivity index (χ1n) is 8.72. The molecule has 0 fully saturated rings. The van der Waals surface area contributed by atoms with E-state index in [1.54, 1.807) is 40.6 Å². The fourth-order valence-corrected chi connectivity index (χ4v) is 5.64. The van der Waals surface area contributed by atoms with E-state index in [9.17, 15) is 4.79 Å². The van der Waals surface area contributed by atoms with E-state index in [4.69, 9.17) is 0 Å². The van der Waals surface area contributed by atoms with Crippen molar-refractivity contribution in [2.75, 3.05) is 5.32 Å². The third kappa shape index (κ3) is 4.57. The summed E-state index contributed by atoms with van der Waals surface area (Å²) in [5.41, 5.74) is 3.76. The van der Waals surface area contributed by atoms with Gasteiger partial charge in [-0.2, -0.15) is 0 Å². The first kappa shape index (κ1) is 19.0. The number of thioether (sulfide) groups is 1. The number of aromatic nitrogens is 3. The summed E-state index contributed by atoms with van der Waals surface area (Å²) in [5, 5.41) is 3.96. The van der Waals surface area contributed by atoms with Gasteiger partial charge >= 0.3 is 0 Å². The van der Waals surface area contributed by atoms with Crippen molar-refractivity contribution in [1.82, 2.24) is 15.0 Å². The van der Waals surface area contributed by atoms with Crippen LogP contribution >= 0.6 is 34.4 Å². The van der Waals surface area contributed by atoms with Gasteiger partial charge < -0.3 is 5.32 Å². The van der Waals surface area contributed by atoms with Crippen LogP contribution in [0.4, 0.5) is 5.69 Å². The molecule has 4 rings (SSSR count). The minimum Gasteiger partial charge on any atom is -0.326 e. The summed E-state index contributed by atoms with van der Waals surface area (Å²) in [4.78, 5) is 26.7. The van der Waals surface area contributed by atoms with E-state index in [-0.39, 0.29) is 5.91 Å². The van der Waals surface area contributed by atoms with E-state index in [2.05, 4.69) is 26.3 Å². The molecule has 0 atom stereocenters. The highest BCUT2D eigenvalue weighted by Gasteiger charge is 2.12. The number of benzene rings is 1. The molecule has 0 bridgehead atoms. The largest absolute Gasteiger partial charge is 0.326 e. The van der Waals surface area contributed by atoms with Gasteiger partial charge in [-0.25, -0.2) is 9.97 Å². The average Bonchev–Trinajstić information content (AvgIpc) is 3.22. The number of pyridine rings is 1. The number of rotatable bonds is 6. The van der Waals surface area contributed by atoms with Crippen LogP contribution < -0.4 is 5.32 Å². The minimum absolute atomic E-state index is 0.0524. The molecule has 0 spiro atoms. The highest BCUT2D eigenvalue weighted by molar-refractivity contribution is 8.00. The smallest absolute Gasteiger partial charge is 0.230 e. The first-order valence-corrected chi connectivity index (χ1v) is 11.3. The van der Waals surface area contributed by atoms with Gasteiger partial charge in [-0.15, -0.1) is 22.7 Å². The zero-order chi connectivity index (χ0) is 19.5. The molecule has 0 aliphatic rings. The highest BCUT2D eigenvalue weighted by Crippen LogP contribution is 2.32. The van der Waals surface area contributed by atoms with Crippen molar-refractivity contribution in [3.63, 3.8) is 0 Å². The minimum atomic E-state index is -0.0524. The number of carbonyl (C=O) groups excluding carboxylic acids is 1. The molecule has 142 valence electrons. The number of carbonyl (C=O) groups is 1. The molecule has 1 N–H and O–H groups in total. The fourth-order valence-electron chi connectivity index (χ4n) is 2.76. The van der Waals surface area contributed by atoms with Crippen molar-refractivity contribution in [1.29, 1.82) is 0 Å². The van der Waals surface area contributed by atoms with Gasteiger partial charge in [0.1, 0.15) is 0 Å². The number of nitrogens with zero attached hydrogens (tertiary/aromatic N) is 3. The highest BCUT2D eigenvalue weighted by atomic mass is 32.2.